The number of rotatable bonds is 1. The molecule has 2 aliphatic rings. The molecular formula is C12H26ClNSi2. The van der Waals surface area contributed by atoms with E-state index in [-0.39, 0.29) is 0 Å². The second kappa shape index (κ2) is 4.41. The maximum atomic E-state index is 6.23. The summed E-state index contributed by atoms with van der Waals surface area (Å²) >= 11 is 6.23. The summed E-state index contributed by atoms with van der Waals surface area (Å²) in [5.74, 6) is 0. The maximum Gasteiger partial charge on any atom is 0.115 e. The van der Waals surface area contributed by atoms with E-state index >= 15 is 0 Å². The summed E-state index contributed by atoms with van der Waals surface area (Å²) in [5, 5.41) is 0.466. The summed E-state index contributed by atoms with van der Waals surface area (Å²) in [6, 6.07) is 3.96. The topological polar surface area (TPSA) is 3.24 Å². The van der Waals surface area contributed by atoms with Crippen LogP contribution in [0.4, 0.5) is 0 Å². The van der Waals surface area contributed by atoms with Crippen molar-refractivity contribution in [1.82, 2.24) is 4.23 Å². The Kier molecular flexibility index (Phi) is 3.62. The summed E-state index contributed by atoms with van der Waals surface area (Å²) in [7, 11) is -2.12. The van der Waals surface area contributed by atoms with Crippen molar-refractivity contribution in [1.29, 1.82) is 0 Å². The van der Waals surface area contributed by atoms with E-state index in [1.165, 1.54) is 37.8 Å². The van der Waals surface area contributed by atoms with Crippen molar-refractivity contribution in [3.63, 3.8) is 0 Å². The zero-order valence-corrected chi connectivity index (χ0v) is 14.0. The van der Waals surface area contributed by atoms with Crippen molar-refractivity contribution >= 4 is 28.1 Å². The molecule has 94 valence electrons. The Hall–Kier alpha value is 0.684. The van der Waals surface area contributed by atoms with E-state index in [1.807, 2.05) is 0 Å². The van der Waals surface area contributed by atoms with Gasteiger partial charge >= 0.3 is 0 Å². The maximum absolute atomic E-state index is 6.23. The molecule has 1 aliphatic heterocycles. The summed E-state index contributed by atoms with van der Waals surface area (Å²) in [6.07, 6.45) is 5.22. The second-order valence-corrected chi connectivity index (χ2v) is 17.2. The quantitative estimate of drug-likeness (QED) is 0.511. The standard InChI is InChI=1S/C12H26ClNSi2/c1-15(2)9-10-16(3,4)14(15)12-7-5-11(13)6-8-12/h11-12H,5-10H2,1-4H3. The molecule has 1 aliphatic carbocycles. The van der Waals surface area contributed by atoms with Gasteiger partial charge in [0.25, 0.3) is 0 Å². The Morgan fingerprint density at radius 3 is 1.75 bits per heavy atom. The number of hydrogen-bond donors (Lipinski definition) is 0. The fourth-order valence-corrected chi connectivity index (χ4v) is 19.3. The van der Waals surface area contributed by atoms with Crippen molar-refractivity contribution in [3.8, 4) is 0 Å². The van der Waals surface area contributed by atoms with Crippen LogP contribution < -0.4 is 0 Å². The first-order valence-corrected chi connectivity index (χ1v) is 13.5. The van der Waals surface area contributed by atoms with Crippen LogP contribution in [0, 0.1) is 0 Å². The third-order valence-corrected chi connectivity index (χ3v) is 15.5. The summed E-state index contributed by atoms with van der Waals surface area (Å²) in [6.45, 7) is 10.3. The lowest BCUT2D eigenvalue weighted by Crippen LogP contribution is -2.60. The number of hydrogen-bond acceptors (Lipinski definition) is 1. The Balaban J connectivity index is 2.12. The van der Waals surface area contributed by atoms with Crippen molar-refractivity contribution in [2.75, 3.05) is 0 Å². The van der Waals surface area contributed by atoms with Crippen LogP contribution in [-0.2, 0) is 0 Å². The highest BCUT2D eigenvalue weighted by Gasteiger charge is 2.50. The normalized spacial score (nSPS) is 38.8. The molecular weight excluding hydrogens is 250 g/mol. The lowest BCUT2D eigenvalue weighted by molar-refractivity contribution is 0.331. The lowest BCUT2D eigenvalue weighted by atomic mass is 9.96. The van der Waals surface area contributed by atoms with Crippen molar-refractivity contribution < 1.29 is 0 Å². The van der Waals surface area contributed by atoms with E-state index < -0.39 is 16.5 Å². The minimum atomic E-state index is -1.06. The highest BCUT2D eigenvalue weighted by molar-refractivity contribution is 6.95. The first-order chi connectivity index (χ1) is 7.33. The van der Waals surface area contributed by atoms with Crippen LogP contribution in [0.15, 0.2) is 0 Å². The van der Waals surface area contributed by atoms with Gasteiger partial charge in [0.15, 0.2) is 0 Å². The van der Waals surface area contributed by atoms with E-state index in [1.54, 1.807) is 0 Å². The van der Waals surface area contributed by atoms with Crippen molar-refractivity contribution in [2.45, 2.75) is 75.4 Å². The van der Waals surface area contributed by atoms with Crippen molar-refractivity contribution in [3.05, 3.63) is 0 Å². The molecule has 0 aromatic carbocycles. The van der Waals surface area contributed by atoms with Crippen LogP contribution in [0.25, 0.3) is 0 Å². The molecule has 4 heteroatoms. The molecule has 1 saturated heterocycles. The number of halogens is 1. The molecule has 0 bridgehead atoms. The molecule has 1 saturated carbocycles. The van der Waals surface area contributed by atoms with Gasteiger partial charge in [0.2, 0.25) is 0 Å². The van der Waals surface area contributed by atoms with Crippen molar-refractivity contribution in [2.24, 2.45) is 0 Å². The van der Waals surface area contributed by atoms with Crippen LogP contribution in [0.5, 0.6) is 0 Å². The fourth-order valence-electron chi connectivity index (χ4n) is 3.95. The molecule has 2 rings (SSSR count). The molecule has 1 nitrogen and oxygen atoms in total. The largest absolute Gasteiger partial charge is 0.343 e. The Morgan fingerprint density at radius 1 is 0.875 bits per heavy atom. The minimum absolute atomic E-state index is 0.466. The summed E-state index contributed by atoms with van der Waals surface area (Å²) in [5.41, 5.74) is 0. The molecule has 2 fully saturated rings. The van der Waals surface area contributed by atoms with Gasteiger partial charge in [-0.05, 0) is 43.8 Å². The predicted molar refractivity (Wildman–Crippen MR) is 78.3 cm³/mol. The van der Waals surface area contributed by atoms with E-state index in [0.29, 0.717) is 5.38 Å². The molecule has 1 heterocycles. The first-order valence-electron chi connectivity index (χ1n) is 6.76. The molecule has 0 atom stereocenters. The molecule has 0 aromatic heterocycles. The molecule has 0 aromatic rings. The van der Waals surface area contributed by atoms with Crippen LogP contribution in [0.1, 0.15) is 25.7 Å². The summed E-state index contributed by atoms with van der Waals surface area (Å²) < 4.78 is 3.07. The van der Waals surface area contributed by atoms with E-state index in [4.69, 9.17) is 11.6 Å². The molecule has 0 radical (unpaired) electrons. The van der Waals surface area contributed by atoms with E-state index in [9.17, 15) is 0 Å². The van der Waals surface area contributed by atoms with Gasteiger partial charge in [0.05, 0.1) is 0 Å². The van der Waals surface area contributed by atoms with Crippen LogP contribution >= 0.6 is 11.6 Å². The van der Waals surface area contributed by atoms with Gasteiger partial charge in [0.1, 0.15) is 16.5 Å². The molecule has 0 spiro atoms. The predicted octanol–water partition coefficient (Wildman–Crippen LogP) is 4.26. The van der Waals surface area contributed by atoms with Gasteiger partial charge in [-0.3, -0.25) is 0 Å². The Labute approximate surface area is 108 Å². The van der Waals surface area contributed by atoms with Gasteiger partial charge in [-0.15, -0.1) is 11.6 Å². The minimum Gasteiger partial charge on any atom is -0.343 e. The van der Waals surface area contributed by atoms with Gasteiger partial charge in [-0.2, -0.15) is 0 Å². The monoisotopic (exact) mass is 275 g/mol. The second-order valence-electron chi connectivity index (χ2n) is 6.90. The molecule has 0 N–H and O–H groups in total. The third-order valence-electron chi connectivity index (χ3n) is 4.64. The molecule has 0 unspecified atom stereocenters. The van der Waals surface area contributed by atoms with Gasteiger partial charge < -0.3 is 4.23 Å². The van der Waals surface area contributed by atoms with Gasteiger partial charge in [-0.1, -0.05) is 26.2 Å². The Morgan fingerprint density at radius 2 is 1.31 bits per heavy atom. The molecule has 16 heavy (non-hydrogen) atoms. The molecule has 0 amide bonds. The average molecular weight is 276 g/mol. The lowest BCUT2D eigenvalue weighted by Gasteiger charge is -2.47. The first kappa shape index (κ1) is 13.1. The highest BCUT2D eigenvalue weighted by Crippen LogP contribution is 2.42. The number of nitrogens with zero attached hydrogens (tertiary/aromatic N) is 1. The fraction of sp³-hybridized carbons (Fsp3) is 1.00. The SMILES string of the molecule is C[Si]1(C)CC[Si](C)(C)N1C1CCC(Cl)CC1. The average Bonchev–Trinajstić information content (AvgIpc) is 2.39. The zero-order valence-electron chi connectivity index (χ0n) is 11.2. The van der Waals surface area contributed by atoms with Gasteiger partial charge in [-0.25, -0.2) is 0 Å². The smallest absolute Gasteiger partial charge is 0.115 e. The van der Waals surface area contributed by atoms with Crippen LogP contribution in [0.2, 0.25) is 38.3 Å². The number of alkyl halides is 1. The Bertz CT molecular complexity index is 244. The highest BCUT2D eigenvalue weighted by atomic mass is 35.5. The third kappa shape index (κ3) is 2.42. The zero-order chi connectivity index (χ0) is 12.0. The van der Waals surface area contributed by atoms with E-state index in [0.717, 1.165) is 6.04 Å². The van der Waals surface area contributed by atoms with Crippen LogP contribution in [-0.4, -0.2) is 32.1 Å². The van der Waals surface area contributed by atoms with Crippen LogP contribution in [0.3, 0.4) is 0 Å². The summed E-state index contributed by atoms with van der Waals surface area (Å²) in [4.78, 5) is 0. The van der Waals surface area contributed by atoms with Gasteiger partial charge in [0, 0.05) is 5.38 Å². The van der Waals surface area contributed by atoms with E-state index in [2.05, 4.69) is 30.4 Å².